The lowest BCUT2D eigenvalue weighted by atomic mass is 10.2. The average Bonchev–Trinajstić information content (AvgIpc) is 2.49. The number of nitrogens with one attached hydrogen (secondary N) is 1. The second kappa shape index (κ2) is 5.72. The summed E-state index contributed by atoms with van der Waals surface area (Å²) >= 11 is 12.1. The van der Waals surface area contributed by atoms with Crippen LogP contribution in [0.5, 0.6) is 0 Å². The Kier molecular flexibility index (Phi) is 3.78. The molecule has 3 nitrogen and oxygen atoms in total. The predicted molar refractivity (Wildman–Crippen MR) is 87.8 cm³/mol. The van der Waals surface area contributed by atoms with E-state index in [1.807, 2.05) is 18.2 Å². The Labute approximate surface area is 130 Å². The molecule has 0 amide bonds. The van der Waals surface area contributed by atoms with Gasteiger partial charge < -0.3 is 4.98 Å². The standard InChI is InChI=1S/C16H10Cl2N2O/c17-12-6-3-4-10(15(12)18)8-9-14-19-13-7-2-1-5-11(13)16(21)20-14/h1-9H,(H,19,20,21). The summed E-state index contributed by atoms with van der Waals surface area (Å²) in [7, 11) is 0. The van der Waals surface area contributed by atoms with Crippen LogP contribution in [0.4, 0.5) is 0 Å². The van der Waals surface area contributed by atoms with E-state index in [0.717, 1.165) is 5.56 Å². The lowest BCUT2D eigenvalue weighted by Gasteiger charge is -2.01. The summed E-state index contributed by atoms with van der Waals surface area (Å²) in [5.74, 6) is 0.467. The van der Waals surface area contributed by atoms with Gasteiger partial charge in [-0.3, -0.25) is 4.79 Å². The molecule has 0 aliphatic rings. The molecule has 5 heteroatoms. The van der Waals surface area contributed by atoms with Gasteiger partial charge in [0.05, 0.1) is 20.9 Å². The molecule has 1 N–H and O–H groups in total. The van der Waals surface area contributed by atoms with E-state index in [9.17, 15) is 4.79 Å². The number of H-pyrrole nitrogens is 1. The number of halogens is 2. The van der Waals surface area contributed by atoms with Crippen molar-refractivity contribution in [2.75, 3.05) is 0 Å². The SMILES string of the molecule is O=c1[nH]c(C=Cc2cccc(Cl)c2Cl)nc2ccccc12. The van der Waals surface area contributed by atoms with Gasteiger partial charge in [0.15, 0.2) is 0 Å². The fourth-order valence-corrected chi connectivity index (χ4v) is 2.37. The highest BCUT2D eigenvalue weighted by Crippen LogP contribution is 2.26. The molecule has 3 aromatic rings. The molecule has 1 aromatic heterocycles. The van der Waals surface area contributed by atoms with Gasteiger partial charge in [0.2, 0.25) is 0 Å². The van der Waals surface area contributed by atoms with Crippen LogP contribution in [-0.2, 0) is 0 Å². The number of aromatic nitrogens is 2. The van der Waals surface area contributed by atoms with Crippen molar-refractivity contribution >= 4 is 46.3 Å². The number of aromatic amines is 1. The molecule has 0 atom stereocenters. The van der Waals surface area contributed by atoms with Gasteiger partial charge in [-0.2, -0.15) is 0 Å². The van der Waals surface area contributed by atoms with Crippen molar-refractivity contribution in [2.24, 2.45) is 0 Å². The number of nitrogens with zero attached hydrogens (tertiary/aromatic N) is 1. The minimum absolute atomic E-state index is 0.169. The molecule has 0 unspecified atom stereocenters. The molecule has 2 aromatic carbocycles. The Bertz CT molecular complexity index is 900. The van der Waals surface area contributed by atoms with Crippen molar-refractivity contribution in [3.8, 4) is 0 Å². The van der Waals surface area contributed by atoms with Gasteiger partial charge in [-0.1, -0.05) is 47.5 Å². The first-order valence-electron chi connectivity index (χ1n) is 6.26. The Hall–Kier alpha value is -2.10. The molecule has 0 aliphatic carbocycles. The maximum absolute atomic E-state index is 12.0. The molecule has 104 valence electrons. The Morgan fingerprint density at radius 2 is 1.81 bits per heavy atom. The second-order valence-corrected chi connectivity index (χ2v) is 5.23. The largest absolute Gasteiger partial charge is 0.306 e. The third kappa shape index (κ3) is 2.84. The van der Waals surface area contributed by atoms with E-state index < -0.39 is 0 Å². The smallest absolute Gasteiger partial charge is 0.259 e. The van der Waals surface area contributed by atoms with E-state index in [2.05, 4.69) is 9.97 Å². The number of benzene rings is 2. The predicted octanol–water partition coefficient (Wildman–Crippen LogP) is 4.40. The average molecular weight is 317 g/mol. The van der Waals surface area contributed by atoms with E-state index in [4.69, 9.17) is 23.2 Å². The summed E-state index contributed by atoms with van der Waals surface area (Å²) < 4.78 is 0. The number of rotatable bonds is 2. The third-order valence-corrected chi connectivity index (χ3v) is 3.87. The summed E-state index contributed by atoms with van der Waals surface area (Å²) in [4.78, 5) is 19.1. The van der Waals surface area contributed by atoms with Crippen LogP contribution in [0.15, 0.2) is 47.3 Å². The van der Waals surface area contributed by atoms with Gasteiger partial charge in [-0.05, 0) is 35.9 Å². The molecule has 0 spiro atoms. The molecule has 3 rings (SSSR count). The quantitative estimate of drug-likeness (QED) is 0.761. The van der Waals surface area contributed by atoms with Gasteiger partial charge >= 0.3 is 0 Å². The lowest BCUT2D eigenvalue weighted by Crippen LogP contribution is -2.09. The Morgan fingerprint density at radius 1 is 1.00 bits per heavy atom. The maximum atomic E-state index is 12.0. The van der Waals surface area contributed by atoms with Crippen LogP contribution in [0, 0.1) is 0 Å². The van der Waals surface area contributed by atoms with Crippen molar-refractivity contribution in [1.29, 1.82) is 0 Å². The minimum atomic E-state index is -0.169. The minimum Gasteiger partial charge on any atom is -0.306 e. The summed E-state index contributed by atoms with van der Waals surface area (Å²) in [6.45, 7) is 0. The Morgan fingerprint density at radius 3 is 2.67 bits per heavy atom. The van der Waals surface area contributed by atoms with Crippen LogP contribution in [0.25, 0.3) is 23.1 Å². The van der Waals surface area contributed by atoms with Gasteiger partial charge in [-0.15, -0.1) is 0 Å². The molecule has 21 heavy (non-hydrogen) atoms. The molecule has 0 aliphatic heterocycles. The van der Waals surface area contributed by atoms with Crippen LogP contribution in [0.2, 0.25) is 10.0 Å². The first kappa shape index (κ1) is 13.9. The summed E-state index contributed by atoms with van der Waals surface area (Å²) in [6.07, 6.45) is 3.46. The highest BCUT2D eigenvalue weighted by molar-refractivity contribution is 6.42. The molecule has 0 saturated heterocycles. The summed E-state index contributed by atoms with van der Waals surface area (Å²) in [5.41, 5.74) is 1.25. The lowest BCUT2D eigenvalue weighted by molar-refractivity contribution is 1.14. The first-order valence-corrected chi connectivity index (χ1v) is 7.02. The van der Waals surface area contributed by atoms with Crippen molar-refractivity contribution in [3.05, 3.63) is 74.3 Å². The number of hydrogen-bond donors (Lipinski definition) is 1. The van der Waals surface area contributed by atoms with Gasteiger partial charge in [0, 0.05) is 0 Å². The monoisotopic (exact) mass is 316 g/mol. The van der Waals surface area contributed by atoms with Crippen molar-refractivity contribution in [3.63, 3.8) is 0 Å². The topological polar surface area (TPSA) is 45.8 Å². The van der Waals surface area contributed by atoms with Crippen LogP contribution in [-0.4, -0.2) is 9.97 Å². The summed E-state index contributed by atoms with van der Waals surface area (Å²) in [6, 6.07) is 12.6. The van der Waals surface area contributed by atoms with Crippen LogP contribution in [0.1, 0.15) is 11.4 Å². The number of fused-ring (bicyclic) bond motifs is 1. The summed E-state index contributed by atoms with van der Waals surface area (Å²) in [5, 5.41) is 1.52. The van der Waals surface area contributed by atoms with E-state index in [0.29, 0.717) is 26.8 Å². The highest BCUT2D eigenvalue weighted by atomic mass is 35.5. The molecule has 0 radical (unpaired) electrons. The third-order valence-electron chi connectivity index (χ3n) is 3.03. The number of hydrogen-bond acceptors (Lipinski definition) is 2. The van der Waals surface area contributed by atoms with Crippen molar-refractivity contribution in [1.82, 2.24) is 9.97 Å². The molecule has 0 bridgehead atoms. The number of para-hydroxylation sites is 1. The molecule has 0 fully saturated rings. The maximum Gasteiger partial charge on any atom is 0.259 e. The molecule has 0 saturated carbocycles. The fourth-order valence-electron chi connectivity index (χ4n) is 2.00. The van der Waals surface area contributed by atoms with Gasteiger partial charge in [0.1, 0.15) is 5.82 Å². The van der Waals surface area contributed by atoms with E-state index in [1.54, 1.807) is 36.4 Å². The van der Waals surface area contributed by atoms with Crippen molar-refractivity contribution in [2.45, 2.75) is 0 Å². The normalized spacial score (nSPS) is 11.3. The van der Waals surface area contributed by atoms with E-state index >= 15 is 0 Å². The highest BCUT2D eigenvalue weighted by Gasteiger charge is 2.03. The Balaban J connectivity index is 2.04. The zero-order valence-corrected chi connectivity index (χ0v) is 12.3. The van der Waals surface area contributed by atoms with Crippen LogP contribution < -0.4 is 5.56 Å². The zero-order chi connectivity index (χ0) is 14.8. The van der Waals surface area contributed by atoms with Crippen LogP contribution >= 0.6 is 23.2 Å². The zero-order valence-electron chi connectivity index (χ0n) is 10.8. The fraction of sp³-hybridized carbons (Fsp3) is 0. The second-order valence-electron chi connectivity index (χ2n) is 4.44. The van der Waals surface area contributed by atoms with E-state index in [1.165, 1.54) is 0 Å². The van der Waals surface area contributed by atoms with Gasteiger partial charge in [-0.25, -0.2) is 4.98 Å². The molecule has 1 heterocycles. The molecular formula is C16H10Cl2N2O. The van der Waals surface area contributed by atoms with E-state index in [-0.39, 0.29) is 5.56 Å². The first-order chi connectivity index (χ1) is 10.1. The van der Waals surface area contributed by atoms with Crippen molar-refractivity contribution < 1.29 is 0 Å². The van der Waals surface area contributed by atoms with Crippen LogP contribution in [0.3, 0.4) is 0 Å². The van der Waals surface area contributed by atoms with Gasteiger partial charge in [0.25, 0.3) is 5.56 Å². The molecular weight excluding hydrogens is 307 g/mol.